The van der Waals surface area contributed by atoms with Gasteiger partial charge in [0, 0.05) is 37.2 Å². The minimum atomic E-state index is -0.777. The maximum absolute atomic E-state index is 15.0. The number of hydrogen-bond donors (Lipinski definition) is 3. The average Bonchev–Trinajstić information content (AvgIpc) is 3.46. The number of rotatable bonds is 3. The van der Waals surface area contributed by atoms with Crippen LogP contribution in [0.2, 0.25) is 0 Å². The van der Waals surface area contributed by atoms with E-state index < -0.39 is 23.2 Å². The molecule has 1 saturated heterocycles. The number of aliphatic hydroxyl groups is 2. The molecule has 0 radical (unpaired) electrons. The van der Waals surface area contributed by atoms with Crippen LogP contribution in [-0.2, 0) is 0 Å². The van der Waals surface area contributed by atoms with E-state index in [2.05, 4.69) is 0 Å². The number of nitrogens with zero attached hydrogens (tertiary/aromatic N) is 3. The summed E-state index contributed by atoms with van der Waals surface area (Å²) in [5.74, 6) is 4.80. The molecular weight excluding hydrogens is 355 g/mol. The number of aromatic nitrogens is 2. The van der Waals surface area contributed by atoms with Gasteiger partial charge in [0.05, 0.1) is 22.7 Å². The Morgan fingerprint density at radius 2 is 2.00 bits per heavy atom. The third-order valence-corrected chi connectivity index (χ3v) is 5.75. The van der Waals surface area contributed by atoms with Gasteiger partial charge in [0.2, 0.25) is 0 Å². The molecule has 2 fully saturated rings. The van der Waals surface area contributed by atoms with Gasteiger partial charge in [-0.3, -0.25) is 9.36 Å². The Bertz CT molecular complexity index is 1030. The minimum absolute atomic E-state index is 0.0434. The molecule has 27 heavy (non-hydrogen) atoms. The van der Waals surface area contributed by atoms with Gasteiger partial charge in [-0.15, -0.1) is 0 Å². The van der Waals surface area contributed by atoms with Gasteiger partial charge in [0.1, 0.15) is 5.82 Å². The molecule has 2 heterocycles. The number of hydrogen-bond acceptors (Lipinski definition) is 6. The zero-order valence-corrected chi connectivity index (χ0v) is 15.1. The molecule has 1 saturated carbocycles. The van der Waals surface area contributed by atoms with Gasteiger partial charge in [-0.2, -0.15) is 4.68 Å². The van der Waals surface area contributed by atoms with Crippen LogP contribution in [0.5, 0.6) is 0 Å². The summed E-state index contributed by atoms with van der Waals surface area (Å²) >= 11 is 0. The first kappa shape index (κ1) is 18.0. The molecule has 8 nitrogen and oxygen atoms in total. The summed E-state index contributed by atoms with van der Waals surface area (Å²) in [5, 5.41) is 19.6. The van der Waals surface area contributed by atoms with Crippen LogP contribution in [-0.4, -0.2) is 45.3 Å². The molecule has 1 aliphatic carbocycles. The third-order valence-electron chi connectivity index (χ3n) is 5.75. The fourth-order valence-corrected chi connectivity index (χ4v) is 4.11. The van der Waals surface area contributed by atoms with Gasteiger partial charge < -0.3 is 21.0 Å². The summed E-state index contributed by atoms with van der Waals surface area (Å²) in [5.41, 5.74) is -0.152. The van der Waals surface area contributed by atoms with Crippen molar-refractivity contribution in [2.45, 2.75) is 38.3 Å². The summed E-state index contributed by atoms with van der Waals surface area (Å²) in [6.07, 6.45) is 1.36. The molecule has 2 aliphatic rings. The molecule has 4 rings (SSSR count). The van der Waals surface area contributed by atoms with Crippen molar-refractivity contribution in [2.75, 3.05) is 30.4 Å². The fraction of sp³-hybridized carbons (Fsp3) is 0.556. The second-order valence-corrected chi connectivity index (χ2v) is 7.53. The highest BCUT2D eigenvalue weighted by molar-refractivity contribution is 5.87. The van der Waals surface area contributed by atoms with Crippen molar-refractivity contribution in [3.05, 3.63) is 38.3 Å². The lowest BCUT2D eigenvalue weighted by Crippen LogP contribution is -2.46. The molecule has 0 bridgehead atoms. The molecular formula is C18H23FN4O4. The number of anilines is 1. The van der Waals surface area contributed by atoms with E-state index >= 15 is 0 Å². The van der Waals surface area contributed by atoms with Gasteiger partial charge in [-0.05, 0) is 32.3 Å². The maximum atomic E-state index is 15.0. The van der Waals surface area contributed by atoms with Gasteiger partial charge in [-0.25, -0.2) is 9.18 Å². The van der Waals surface area contributed by atoms with Gasteiger partial charge in [-0.1, -0.05) is 0 Å². The number of aryl methyl sites for hydroxylation is 1. The number of aliphatic hydroxyl groups excluding tert-OH is 2. The van der Waals surface area contributed by atoms with Crippen LogP contribution in [0.4, 0.5) is 10.1 Å². The summed E-state index contributed by atoms with van der Waals surface area (Å²) in [6, 6.07) is 1.09. The molecule has 4 N–H and O–H groups in total. The summed E-state index contributed by atoms with van der Waals surface area (Å²) in [6.45, 7) is 2.21. The van der Waals surface area contributed by atoms with Crippen LogP contribution in [0.15, 0.2) is 15.7 Å². The van der Waals surface area contributed by atoms with Gasteiger partial charge in [0.25, 0.3) is 5.56 Å². The predicted octanol–water partition coefficient (Wildman–Crippen LogP) is -0.161. The summed E-state index contributed by atoms with van der Waals surface area (Å²) in [7, 11) is 0. The number of benzene rings is 1. The minimum Gasteiger partial charge on any atom is -0.396 e. The third kappa shape index (κ3) is 2.72. The summed E-state index contributed by atoms with van der Waals surface area (Å²) in [4.78, 5) is 26.7. The normalized spacial score (nSPS) is 23.2. The van der Waals surface area contributed by atoms with Crippen molar-refractivity contribution in [1.82, 2.24) is 9.24 Å². The van der Waals surface area contributed by atoms with Gasteiger partial charge in [0.15, 0.2) is 0 Å². The standard InChI is InChI=1S/C18H23FN4O4/c1-9-15-12(17(26)23(20)18(27)22(15)11-2-3-11)6-13(19)16(9)21-5-4-10(8-24)14(25)7-21/h6,10-11,14,24-25H,2-5,7-8,20H2,1H3. The van der Waals surface area contributed by atoms with Crippen molar-refractivity contribution in [3.8, 4) is 0 Å². The van der Waals surface area contributed by atoms with E-state index in [-0.39, 0.29) is 36.2 Å². The molecule has 2 atom stereocenters. The van der Waals surface area contributed by atoms with Gasteiger partial charge >= 0.3 is 5.69 Å². The first-order valence-corrected chi connectivity index (χ1v) is 9.14. The lowest BCUT2D eigenvalue weighted by Gasteiger charge is -2.37. The quantitative estimate of drug-likeness (QED) is 0.640. The highest BCUT2D eigenvalue weighted by atomic mass is 19.1. The number of nitrogens with two attached hydrogens (primary N) is 1. The van der Waals surface area contributed by atoms with E-state index in [0.717, 1.165) is 18.9 Å². The smallest absolute Gasteiger partial charge is 0.350 e. The van der Waals surface area contributed by atoms with Crippen molar-refractivity contribution < 1.29 is 14.6 Å². The van der Waals surface area contributed by atoms with Crippen molar-refractivity contribution >= 4 is 16.6 Å². The molecule has 9 heteroatoms. The Kier molecular flexibility index (Phi) is 4.23. The molecule has 1 aliphatic heterocycles. The zero-order chi connectivity index (χ0) is 19.5. The Labute approximate surface area is 154 Å². The second kappa shape index (κ2) is 6.35. The zero-order valence-electron chi connectivity index (χ0n) is 15.1. The van der Waals surface area contributed by atoms with E-state index in [9.17, 15) is 24.2 Å². The van der Waals surface area contributed by atoms with Crippen LogP contribution in [0.3, 0.4) is 0 Å². The Hall–Kier alpha value is -2.39. The fourth-order valence-electron chi connectivity index (χ4n) is 4.11. The number of halogens is 1. The molecule has 2 aromatic rings. The van der Waals surface area contributed by atoms with E-state index in [0.29, 0.717) is 28.7 Å². The van der Waals surface area contributed by atoms with Crippen molar-refractivity contribution in [2.24, 2.45) is 5.92 Å². The first-order valence-electron chi connectivity index (χ1n) is 9.14. The average molecular weight is 378 g/mol. The Morgan fingerprint density at radius 1 is 1.30 bits per heavy atom. The predicted molar refractivity (Wildman–Crippen MR) is 99.0 cm³/mol. The number of β-amino-alcohol motifs (C(OH)–C–C–N with tert-alkyl or cyclic N) is 1. The van der Waals surface area contributed by atoms with E-state index in [1.54, 1.807) is 11.8 Å². The Balaban J connectivity index is 1.94. The van der Waals surface area contributed by atoms with Crippen LogP contribution in [0.25, 0.3) is 10.9 Å². The summed E-state index contributed by atoms with van der Waals surface area (Å²) < 4.78 is 17.0. The van der Waals surface area contributed by atoms with Crippen LogP contribution < -0.4 is 22.0 Å². The van der Waals surface area contributed by atoms with Crippen LogP contribution in [0.1, 0.15) is 30.9 Å². The van der Waals surface area contributed by atoms with E-state index in [1.807, 2.05) is 0 Å². The SMILES string of the molecule is Cc1c(N2CCC(CO)C(O)C2)c(F)cc2c(=O)n(N)c(=O)n(C3CC3)c12. The number of nitrogen functional groups attached to an aromatic ring is 1. The second-order valence-electron chi connectivity index (χ2n) is 7.53. The molecule has 0 amide bonds. The molecule has 1 aromatic heterocycles. The largest absolute Gasteiger partial charge is 0.396 e. The highest BCUT2D eigenvalue weighted by Gasteiger charge is 2.33. The maximum Gasteiger partial charge on any atom is 0.350 e. The topological polar surface area (TPSA) is 114 Å². The Morgan fingerprint density at radius 3 is 2.59 bits per heavy atom. The molecule has 1 aromatic carbocycles. The lowest BCUT2D eigenvalue weighted by atomic mass is 9.93. The molecule has 146 valence electrons. The molecule has 0 spiro atoms. The number of piperidine rings is 1. The molecule has 2 unspecified atom stereocenters. The highest BCUT2D eigenvalue weighted by Crippen LogP contribution is 2.39. The lowest BCUT2D eigenvalue weighted by molar-refractivity contribution is 0.0546. The van der Waals surface area contributed by atoms with E-state index in [1.165, 1.54) is 4.57 Å². The van der Waals surface area contributed by atoms with Crippen LogP contribution in [0, 0.1) is 18.7 Å². The monoisotopic (exact) mass is 378 g/mol. The van der Waals surface area contributed by atoms with Crippen LogP contribution >= 0.6 is 0 Å². The van der Waals surface area contributed by atoms with Crippen molar-refractivity contribution in [1.29, 1.82) is 0 Å². The van der Waals surface area contributed by atoms with Crippen molar-refractivity contribution in [3.63, 3.8) is 0 Å². The first-order chi connectivity index (χ1) is 12.8. The van der Waals surface area contributed by atoms with E-state index in [4.69, 9.17) is 5.84 Å². The number of fused-ring (bicyclic) bond motifs is 1.